The minimum Gasteiger partial charge on any atom is -0.294 e. The first-order valence-electron chi connectivity index (χ1n) is 10.3. The number of carbonyl (C=O) groups excluding carboxylic acids is 1. The third kappa shape index (κ3) is 2.88. The molecule has 4 heterocycles. The molecule has 162 valence electrons. The van der Waals surface area contributed by atoms with E-state index >= 15 is 8.78 Å². The summed E-state index contributed by atoms with van der Waals surface area (Å²) >= 11 is 0. The van der Waals surface area contributed by atoms with E-state index < -0.39 is 22.9 Å². The average molecular weight is 442 g/mol. The van der Waals surface area contributed by atoms with Crippen molar-refractivity contribution < 1.29 is 13.6 Å². The Labute approximate surface area is 187 Å². The Hall–Kier alpha value is -4.32. The van der Waals surface area contributed by atoms with Crippen LogP contribution in [-0.4, -0.2) is 30.2 Å². The van der Waals surface area contributed by atoms with Gasteiger partial charge in [-0.3, -0.25) is 19.0 Å². The molecule has 1 aliphatic heterocycles. The van der Waals surface area contributed by atoms with Crippen LogP contribution in [0.4, 0.5) is 20.4 Å². The van der Waals surface area contributed by atoms with Crippen LogP contribution in [0.25, 0.3) is 11.3 Å². The number of fused-ring (bicyclic) bond motifs is 2. The molecule has 0 N–H and O–H groups in total. The zero-order valence-electron chi connectivity index (χ0n) is 17.5. The maximum atomic E-state index is 15.2. The molecule has 1 amide bonds. The molecular weight excluding hydrogens is 426 g/mol. The summed E-state index contributed by atoms with van der Waals surface area (Å²) in [4.78, 5) is 22.8. The lowest BCUT2D eigenvalue weighted by Crippen LogP contribution is -2.31. The summed E-state index contributed by atoms with van der Waals surface area (Å²) in [6.07, 6.45) is 9.42. The smallest absolute Gasteiger partial charge is 0.260 e. The van der Waals surface area contributed by atoms with E-state index in [1.165, 1.54) is 0 Å². The van der Waals surface area contributed by atoms with Crippen LogP contribution in [0.1, 0.15) is 24.0 Å². The van der Waals surface area contributed by atoms with Crippen LogP contribution in [0.15, 0.2) is 55.2 Å². The zero-order chi connectivity index (χ0) is 22.7. The van der Waals surface area contributed by atoms with Crippen molar-refractivity contribution in [1.82, 2.24) is 24.3 Å². The van der Waals surface area contributed by atoms with Crippen LogP contribution in [0.5, 0.6) is 0 Å². The van der Waals surface area contributed by atoms with Gasteiger partial charge in [-0.15, -0.1) is 0 Å². The number of hydrogen-bond acceptors (Lipinski definition) is 4. The van der Waals surface area contributed by atoms with Crippen molar-refractivity contribution in [1.29, 1.82) is 0 Å². The van der Waals surface area contributed by atoms with Crippen molar-refractivity contribution in [3.63, 3.8) is 0 Å². The van der Waals surface area contributed by atoms with Crippen molar-refractivity contribution >= 4 is 17.5 Å². The number of anilines is 2. The van der Waals surface area contributed by atoms with Gasteiger partial charge in [0.05, 0.1) is 18.1 Å². The van der Waals surface area contributed by atoms with Gasteiger partial charge in [-0.2, -0.15) is 5.10 Å². The predicted molar refractivity (Wildman–Crippen MR) is 115 cm³/mol. The minimum atomic E-state index is -0.881. The summed E-state index contributed by atoms with van der Waals surface area (Å²) in [5, 5.41) is 4.18. The van der Waals surface area contributed by atoms with Gasteiger partial charge in [0.15, 0.2) is 11.6 Å². The fourth-order valence-electron chi connectivity index (χ4n) is 4.26. The highest BCUT2D eigenvalue weighted by Gasteiger charge is 2.62. The summed E-state index contributed by atoms with van der Waals surface area (Å²) in [7, 11) is 1.79. The van der Waals surface area contributed by atoms with E-state index in [0.29, 0.717) is 24.1 Å². The molecule has 6 rings (SSSR count). The molecule has 0 saturated heterocycles. The molecule has 0 radical (unpaired) electrons. The highest BCUT2D eigenvalue weighted by Crippen LogP contribution is 2.56. The van der Waals surface area contributed by atoms with E-state index in [9.17, 15) is 4.79 Å². The van der Waals surface area contributed by atoms with Crippen molar-refractivity contribution in [2.75, 3.05) is 4.90 Å². The van der Waals surface area contributed by atoms with Gasteiger partial charge in [0.25, 0.3) is 5.91 Å². The van der Waals surface area contributed by atoms with Crippen LogP contribution in [0.3, 0.4) is 0 Å². The van der Waals surface area contributed by atoms with Crippen LogP contribution >= 0.6 is 0 Å². The number of halogens is 2. The van der Waals surface area contributed by atoms with E-state index in [0.717, 1.165) is 22.6 Å². The van der Waals surface area contributed by atoms with Gasteiger partial charge < -0.3 is 0 Å². The van der Waals surface area contributed by atoms with E-state index in [1.54, 1.807) is 53.2 Å². The standard InChI is InChI=1S/C24H16F2N6O/c1-30-14-17(12-29-30)20-13-28-23-31(22(33)24(6-7-24)32(20)23)21-18(25)9-16(10-19(21)26)5-4-15-3-2-8-27-11-15/h2-3,8-14H,6-7H2,1H3. The van der Waals surface area contributed by atoms with Crippen molar-refractivity contribution in [3.05, 3.63) is 78.0 Å². The summed E-state index contributed by atoms with van der Waals surface area (Å²) in [5.41, 5.74) is 0.933. The van der Waals surface area contributed by atoms with Crippen LogP contribution < -0.4 is 4.90 Å². The molecule has 1 saturated carbocycles. The number of nitrogens with zero attached hydrogens (tertiary/aromatic N) is 6. The highest BCUT2D eigenvalue weighted by atomic mass is 19.1. The number of aromatic nitrogens is 5. The lowest BCUT2D eigenvalue weighted by atomic mass is 10.1. The normalized spacial score (nSPS) is 15.5. The number of aryl methyl sites for hydroxylation is 1. The van der Waals surface area contributed by atoms with Crippen molar-refractivity contribution in [2.45, 2.75) is 18.4 Å². The largest absolute Gasteiger partial charge is 0.294 e. The molecule has 4 aromatic rings. The van der Waals surface area contributed by atoms with E-state index in [2.05, 4.69) is 26.9 Å². The first-order valence-corrected chi connectivity index (χ1v) is 10.3. The lowest BCUT2D eigenvalue weighted by Gasteiger charge is -2.17. The second-order valence-electron chi connectivity index (χ2n) is 8.13. The fraction of sp³-hybridized carbons (Fsp3) is 0.167. The van der Waals surface area contributed by atoms with E-state index in [4.69, 9.17) is 0 Å². The molecule has 33 heavy (non-hydrogen) atoms. The maximum Gasteiger partial charge on any atom is 0.260 e. The van der Waals surface area contributed by atoms with Gasteiger partial charge in [-0.1, -0.05) is 11.8 Å². The second-order valence-corrected chi connectivity index (χ2v) is 8.13. The Kier molecular flexibility index (Phi) is 4.01. The number of benzene rings is 1. The summed E-state index contributed by atoms with van der Waals surface area (Å²) < 4.78 is 33.8. The number of carbonyl (C=O) groups is 1. The SMILES string of the molecule is Cn1cc(-c2cnc3n2C2(CC2)C(=O)N3c2c(F)cc(C#Cc3cccnc3)cc2F)cn1. The third-order valence-corrected chi connectivity index (χ3v) is 5.95. The molecule has 1 fully saturated rings. The third-order valence-electron chi connectivity index (χ3n) is 5.95. The van der Waals surface area contributed by atoms with Crippen LogP contribution in [0, 0.1) is 23.5 Å². The van der Waals surface area contributed by atoms with Gasteiger partial charge in [0.2, 0.25) is 5.95 Å². The molecular formula is C24H16F2N6O. The number of rotatable bonds is 2. The molecule has 1 aromatic carbocycles. The van der Waals surface area contributed by atoms with Crippen LogP contribution in [0.2, 0.25) is 0 Å². The topological polar surface area (TPSA) is 68.8 Å². The number of hydrogen-bond donors (Lipinski definition) is 0. The average Bonchev–Trinajstić information content (AvgIpc) is 3.20. The maximum absolute atomic E-state index is 15.2. The summed E-state index contributed by atoms with van der Waals surface area (Å²) in [6.45, 7) is 0. The van der Waals surface area contributed by atoms with Gasteiger partial charge in [0.1, 0.15) is 11.2 Å². The molecule has 1 aliphatic carbocycles. The molecule has 0 unspecified atom stereocenters. The first kappa shape index (κ1) is 19.4. The zero-order valence-corrected chi connectivity index (χ0v) is 17.5. The fourth-order valence-corrected chi connectivity index (χ4v) is 4.26. The molecule has 3 aromatic heterocycles. The summed E-state index contributed by atoms with van der Waals surface area (Å²) in [6, 6.07) is 5.73. The summed E-state index contributed by atoms with van der Waals surface area (Å²) in [5.74, 6) is 3.62. The molecule has 1 spiro atoms. The van der Waals surface area contributed by atoms with Gasteiger partial charge >= 0.3 is 0 Å². The first-order chi connectivity index (χ1) is 16.0. The minimum absolute atomic E-state index is 0.157. The van der Waals surface area contributed by atoms with Gasteiger partial charge in [-0.25, -0.2) is 18.7 Å². The Bertz CT molecular complexity index is 1470. The Morgan fingerprint density at radius 3 is 2.45 bits per heavy atom. The Morgan fingerprint density at radius 1 is 1.06 bits per heavy atom. The number of pyridine rings is 1. The van der Waals surface area contributed by atoms with Crippen molar-refractivity contribution in [3.8, 4) is 23.1 Å². The van der Waals surface area contributed by atoms with Gasteiger partial charge in [-0.05, 0) is 37.1 Å². The van der Waals surface area contributed by atoms with Gasteiger partial charge in [0, 0.05) is 42.3 Å². The second kappa shape index (κ2) is 6.84. The highest BCUT2D eigenvalue weighted by molar-refractivity contribution is 6.09. The number of imidazole rings is 1. The quantitative estimate of drug-likeness (QED) is 0.446. The van der Waals surface area contributed by atoms with Crippen molar-refractivity contribution in [2.24, 2.45) is 7.05 Å². The molecule has 0 atom stereocenters. The Balaban J connectivity index is 1.43. The lowest BCUT2D eigenvalue weighted by molar-refractivity contribution is -0.120. The molecule has 9 heteroatoms. The van der Waals surface area contributed by atoms with Crippen LogP contribution in [-0.2, 0) is 17.4 Å². The van der Waals surface area contributed by atoms with E-state index in [-0.39, 0.29) is 17.4 Å². The molecule has 7 nitrogen and oxygen atoms in total. The number of amides is 1. The predicted octanol–water partition coefficient (Wildman–Crippen LogP) is 3.52. The molecule has 0 bridgehead atoms. The monoisotopic (exact) mass is 442 g/mol. The Morgan fingerprint density at radius 2 is 1.82 bits per heavy atom. The van der Waals surface area contributed by atoms with E-state index in [1.807, 2.05) is 6.20 Å². The molecule has 2 aliphatic rings.